The maximum atomic E-state index is 10.4. The lowest BCUT2D eigenvalue weighted by molar-refractivity contribution is 1.18. The molecule has 49 heavy (non-hydrogen) atoms. The minimum absolute atomic E-state index is 0.629. The van der Waals surface area contributed by atoms with Gasteiger partial charge in [0.25, 0.3) is 0 Å². The van der Waals surface area contributed by atoms with Crippen LogP contribution < -0.4 is 0 Å². The molecule has 8 rings (SSSR count). The highest BCUT2D eigenvalue weighted by molar-refractivity contribution is 6.12. The van der Waals surface area contributed by atoms with Gasteiger partial charge < -0.3 is 4.57 Å². The third-order valence-electron chi connectivity index (χ3n) is 9.72. The van der Waals surface area contributed by atoms with Crippen molar-refractivity contribution in [2.45, 2.75) is 27.7 Å². The number of aromatic nitrogens is 2. The number of pyridine rings is 1. The third kappa shape index (κ3) is 5.29. The Morgan fingerprint density at radius 3 is 1.57 bits per heavy atom. The van der Waals surface area contributed by atoms with Gasteiger partial charge in [0.15, 0.2) is 0 Å². The zero-order valence-corrected chi connectivity index (χ0v) is 28.1. The van der Waals surface area contributed by atoms with Crippen molar-refractivity contribution in [3.63, 3.8) is 0 Å². The molecule has 2 heterocycles. The van der Waals surface area contributed by atoms with Crippen LogP contribution in [-0.4, -0.2) is 9.55 Å². The standard InChI is InChI=1S/C46H35N3/c1-29-10-14-38(31(3)22-29)35-12-16-44-42(24-35)43-25-36(39-15-11-30(2)23-32(39)4)13-17-45(43)49(44)46-27-40(34-18-20-48-21-19-34)37(28-47)26-41(46)33-8-6-5-7-9-33/h5-27H,1-4H3. The summed E-state index contributed by atoms with van der Waals surface area (Å²) in [5.74, 6) is 0. The number of nitrogens with zero attached hydrogens (tertiary/aromatic N) is 3. The lowest BCUT2D eigenvalue weighted by atomic mass is 9.94. The highest BCUT2D eigenvalue weighted by atomic mass is 15.0. The Morgan fingerprint density at radius 2 is 1.04 bits per heavy atom. The zero-order valence-electron chi connectivity index (χ0n) is 28.1. The average molecular weight is 630 g/mol. The van der Waals surface area contributed by atoms with Gasteiger partial charge in [-0.3, -0.25) is 4.98 Å². The van der Waals surface area contributed by atoms with E-state index in [0.29, 0.717) is 5.56 Å². The van der Waals surface area contributed by atoms with Crippen LogP contribution >= 0.6 is 0 Å². The number of aryl methyl sites for hydroxylation is 4. The van der Waals surface area contributed by atoms with Gasteiger partial charge in [0.05, 0.1) is 28.4 Å². The monoisotopic (exact) mass is 629 g/mol. The van der Waals surface area contributed by atoms with Gasteiger partial charge in [-0.15, -0.1) is 0 Å². The molecule has 3 heteroatoms. The van der Waals surface area contributed by atoms with Gasteiger partial charge >= 0.3 is 0 Å². The second-order valence-corrected chi connectivity index (χ2v) is 13.1. The summed E-state index contributed by atoms with van der Waals surface area (Å²) in [6.45, 7) is 8.67. The number of fused-ring (bicyclic) bond motifs is 3. The summed E-state index contributed by atoms with van der Waals surface area (Å²) in [7, 11) is 0. The summed E-state index contributed by atoms with van der Waals surface area (Å²) >= 11 is 0. The number of benzene rings is 6. The fourth-order valence-electron chi connectivity index (χ4n) is 7.38. The summed E-state index contributed by atoms with van der Waals surface area (Å²) in [6, 6.07) is 48.2. The summed E-state index contributed by atoms with van der Waals surface area (Å²) in [6.07, 6.45) is 3.57. The molecule has 0 atom stereocenters. The van der Waals surface area contributed by atoms with E-state index in [1.165, 1.54) is 55.3 Å². The van der Waals surface area contributed by atoms with E-state index >= 15 is 0 Å². The number of hydrogen-bond donors (Lipinski definition) is 0. The van der Waals surface area contributed by atoms with E-state index < -0.39 is 0 Å². The molecular formula is C46H35N3. The predicted octanol–water partition coefficient (Wildman–Crippen LogP) is 12.0. The Balaban J connectivity index is 1.48. The van der Waals surface area contributed by atoms with Crippen molar-refractivity contribution in [2.75, 3.05) is 0 Å². The van der Waals surface area contributed by atoms with Gasteiger partial charge in [0, 0.05) is 34.3 Å². The van der Waals surface area contributed by atoms with Gasteiger partial charge in [0.2, 0.25) is 0 Å². The maximum Gasteiger partial charge on any atom is 0.0998 e. The topological polar surface area (TPSA) is 41.6 Å². The summed E-state index contributed by atoms with van der Waals surface area (Å²) in [5.41, 5.74) is 17.7. The lowest BCUT2D eigenvalue weighted by Crippen LogP contribution is -2.00. The molecular weight excluding hydrogens is 595 g/mol. The van der Waals surface area contributed by atoms with Gasteiger partial charge in [-0.1, -0.05) is 90.0 Å². The Bertz CT molecular complexity index is 2480. The van der Waals surface area contributed by atoms with Crippen LogP contribution in [0.3, 0.4) is 0 Å². The smallest absolute Gasteiger partial charge is 0.0998 e. The van der Waals surface area contributed by atoms with Crippen molar-refractivity contribution >= 4 is 21.8 Å². The normalized spacial score (nSPS) is 11.2. The van der Waals surface area contributed by atoms with Crippen LogP contribution in [0.2, 0.25) is 0 Å². The lowest BCUT2D eigenvalue weighted by Gasteiger charge is -2.18. The molecule has 3 nitrogen and oxygen atoms in total. The van der Waals surface area contributed by atoms with Crippen LogP contribution in [0.1, 0.15) is 27.8 Å². The minimum Gasteiger partial charge on any atom is -0.309 e. The van der Waals surface area contributed by atoms with E-state index in [1.54, 1.807) is 12.4 Å². The second kappa shape index (κ2) is 12.1. The maximum absolute atomic E-state index is 10.4. The first-order chi connectivity index (χ1) is 23.9. The van der Waals surface area contributed by atoms with Gasteiger partial charge in [0.1, 0.15) is 0 Å². The molecule has 0 fully saturated rings. The van der Waals surface area contributed by atoms with Crippen LogP contribution in [0.4, 0.5) is 0 Å². The molecule has 6 aromatic carbocycles. The van der Waals surface area contributed by atoms with Crippen molar-refractivity contribution in [2.24, 2.45) is 0 Å². The molecule has 0 aliphatic heterocycles. The van der Waals surface area contributed by atoms with E-state index in [4.69, 9.17) is 0 Å². The quantitative estimate of drug-likeness (QED) is 0.190. The predicted molar refractivity (Wildman–Crippen MR) is 204 cm³/mol. The van der Waals surface area contributed by atoms with E-state index in [0.717, 1.165) is 39.0 Å². The van der Waals surface area contributed by atoms with Crippen molar-refractivity contribution in [3.05, 3.63) is 168 Å². The van der Waals surface area contributed by atoms with Crippen LogP contribution in [0.5, 0.6) is 0 Å². The first kappa shape index (κ1) is 30.1. The van der Waals surface area contributed by atoms with Crippen molar-refractivity contribution in [1.82, 2.24) is 9.55 Å². The van der Waals surface area contributed by atoms with Gasteiger partial charge in [-0.2, -0.15) is 5.26 Å². The summed E-state index contributed by atoms with van der Waals surface area (Å²) in [4.78, 5) is 4.25. The Kier molecular flexibility index (Phi) is 7.43. The molecule has 2 aromatic heterocycles. The zero-order chi connectivity index (χ0) is 33.6. The van der Waals surface area contributed by atoms with Gasteiger partial charge in [-0.05, 0) is 121 Å². The molecule has 8 aromatic rings. The Labute approximate surface area is 287 Å². The molecule has 0 radical (unpaired) electrons. The fraction of sp³-hybridized carbons (Fsp3) is 0.0870. The SMILES string of the molecule is Cc1ccc(-c2ccc3c(c2)c2cc(-c4ccc(C)cc4C)ccc2n3-c2cc(-c3ccncc3)c(C#N)cc2-c2ccccc2)c(C)c1. The molecule has 0 spiro atoms. The average Bonchev–Trinajstić information content (AvgIpc) is 3.44. The van der Waals surface area contributed by atoms with E-state index in [2.05, 4.69) is 146 Å². The van der Waals surface area contributed by atoms with Crippen molar-refractivity contribution in [1.29, 1.82) is 5.26 Å². The Hall–Kier alpha value is -6.24. The highest BCUT2D eigenvalue weighted by Gasteiger charge is 2.21. The molecule has 0 saturated carbocycles. The molecule has 0 aliphatic carbocycles. The van der Waals surface area contributed by atoms with Crippen LogP contribution in [0.15, 0.2) is 140 Å². The largest absolute Gasteiger partial charge is 0.309 e. The Morgan fingerprint density at radius 1 is 0.490 bits per heavy atom. The number of hydrogen-bond acceptors (Lipinski definition) is 2. The second-order valence-electron chi connectivity index (χ2n) is 13.1. The molecule has 0 amide bonds. The first-order valence-corrected chi connectivity index (χ1v) is 16.7. The van der Waals surface area contributed by atoms with Crippen molar-refractivity contribution in [3.8, 4) is 56.3 Å². The molecule has 0 bridgehead atoms. The van der Waals surface area contributed by atoms with Crippen LogP contribution in [0, 0.1) is 39.0 Å². The molecule has 0 unspecified atom stereocenters. The summed E-state index contributed by atoms with van der Waals surface area (Å²) in [5, 5.41) is 12.8. The number of rotatable bonds is 5. The van der Waals surface area contributed by atoms with Crippen LogP contribution in [0.25, 0.3) is 72.0 Å². The molecule has 0 N–H and O–H groups in total. The molecule has 0 saturated heterocycles. The van der Waals surface area contributed by atoms with Gasteiger partial charge in [-0.25, -0.2) is 0 Å². The van der Waals surface area contributed by atoms with Crippen molar-refractivity contribution < 1.29 is 0 Å². The van der Waals surface area contributed by atoms with E-state index in [1.807, 2.05) is 24.3 Å². The molecule has 0 aliphatic rings. The third-order valence-corrected chi connectivity index (χ3v) is 9.72. The highest BCUT2D eigenvalue weighted by Crippen LogP contribution is 2.42. The fourth-order valence-corrected chi connectivity index (χ4v) is 7.38. The summed E-state index contributed by atoms with van der Waals surface area (Å²) < 4.78 is 2.39. The number of nitriles is 1. The molecule has 234 valence electrons. The first-order valence-electron chi connectivity index (χ1n) is 16.7. The van der Waals surface area contributed by atoms with Crippen LogP contribution in [-0.2, 0) is 0 Å². The van der Waals surface area contributed by atoms with E-state index in [9.17, 15) is 5.26 Å². The van der Waals surface area contributed by atoms with E-state index in [-0.39, 0.29) is 0 Å². The minimum atomic E-state index is 0.629.